The lowest BCUT2D eigenvalue weighted by Crippen LogP contribution is -1.97. The maximum Gasteiger partial charge on any atom is 0.348 e. The molecule has 0 spiro atoms. The summed E-state index contributed by atoms with van der Waals surface area (Å²) >= 11 is 1.20. The first-order valence-electron chi connectivity index (χ1n) is 5.08. The molecule has 5 nitrogen and oxygen atoms in total. The Bertz CT molecular complexity index is 616. The molecular weight excluding hydrogens is 250 g/mol. The summed E-state index contributed by atoms with van der Waals surface area (Å²) < 4.78 is 4.66. The zero-order chi connectivity index (χ0) is 13.0. The molecule has 1 aromatic carbocycles. The fraction of sp³-hybridized carbons (Fsp3) is 0.0833. The Morgan fingerprint density at radius 1 is 1.39 bits per heavy atom. The van der Waals surface area contributed by atoms with Crippen molar-refractivity contribution >= 4 is 23.0 Å². The summed E-state index contributed by atoms with van der Waals surface area (Å²) in [6, 6.07) is 9.43. The first-order chi connectivity index (χ1) is 8.77. The van der Waals surface area contributed by atoms with Crippen molar-refractivity contribution in [3.05, 3.63) is 51.0 Å². The van der Waals surface area contributed by atoms with E-state index in [9.17, 15) is 4.79 Å². The van der Waals surface area contributed by atoms with Gasteiger partial charge in [-0.15, -0.1) is 11.3 Å². The number of nitrogens with zero attached hydrogens (tertiary/aromatic N) is 3. The molecule has 18 heavy (non-hydrogen) atoms. The minimum atomic E-state index is -0.496. The van der Waals surface area contributed by atoms with Gasteiger partial charge in [0.05, 0.1) is 12.8 Å². The van der Waals surface area contributed by atoms with Crippen molar-refractivity contribution in [2.75, 3.05) is 7.11 Å². The highest BCUT2D eigenvalue weighted by Crippen LogP contribution is 2.38. The van der Waals surface area contributed by atoms with Crippen LogP contribution in [0.4, 0.5) is 5.69 Å². The Labute approximate surface area is 107 Å². The Kier molecular flexibility index (Phi) is 3.62. The minimum absolute atomic E-state index is 0.314. The van der Waals surface area contributed by atoms with Crippen LogP contribution in [0.1, 0.15) is 9.67 Å². The van der Waals surface area contributed by atoms with Crippen LogP contribution in [-0.2, 0) is 4.74 Å². The van der Waals surface area contributed by atoms with E-state index in [0.29, 0.717) is 10.6 Å². The van der Waals surface area contributed by atoms with Crippen molar-refractivity contribution in [3.8, 4) is 11.1 Å². The predicted molar refractivity (Wildman–Crippen MR) is 69.9 cm³/mol. The Morgan fingerprint density at radius 3 is 2.72 bits per heavy atom. The smallest absolute Gasteiger partial charge is 0.348 e. The highest BCUT2D eigenvalue weighted by Gasteiger charge is 2.18. The molecule has 0 aliphatic rings. The van der Waals surface area contributed by atoms with E-state index in [1.54, 1.807) is 5.38 Å². The number of carbonyl (C=O) groups excluding carboxylic acids is 1. The van der Waals surface area contributed by atoms with Gasteiger partial charge in [-0.3, -0.25) is 0 Å². The van der Waals surface area contributed by atoms with Crippen LogP contribution >= 0.6 is 11.3 Å². The topological polar surface area (TPSA) is 75.1 Å². The number of hydrogen-bond donors (Lipinski definition) is 0. The monoisotopic (exact) mass is 259 g/mol. The molecule has 0 fully saturated rings. The molecule has 0 aliphatic heterocycles. The molecule has 0 saturated carbocycles. The maximum absolute atomic E-state index is 11.6. The van der Waals surface area contributed by atoms with Crippen molar-refractivity contribution in [3.63, 3.8) is 0 Å². The van der Waals surface area contributed by atoms with Crippen LogP contribution < -0.4 is 0 Å². The van der Waals surface area contributed by atoms with Gasteiger partial charge in [0, 0.05) is 10.5 Å². The number of thiophene rings is 1. The number of rotatable bonds is 3. The normalized spacial score (nSPS) is 9.61. The van der Waals surface area contributed by atoms with E-state index in [4.69, 9.17) is 5.53 Å². The van der Waals surface area contributed by atoms with Gasteiger partial charge in [-0.25, -0.2) is 4.79 Å². The van der Waals surface area contributed by atoms with Crippen LogP contribution in [0.3, 0.4) is 0 Å². The molecule has 1 heterocycles. The number of methoxy groups -OCH3 is 1. The van der Waals surface area contributed by atoms with Crippen LogP contribution in [0.2, 0.25) is 0 Å². The summed E-state index contributed by atoms with van der Waals surface area (Å²) in [5.74, 6) is -0.496. The molecule has 0 saturated heterocycles. The zero-order valence-electron chi connectivity index (χ0n) is 9.53. The molecule has 0 amide bonds. The van der Waals surface area contributed by atoms with E-state index >= 15 is 0 Å². The molecular formula is C12H9N3O2S. The largest absolute Gasteiger partial charge is 0.465 e. The zero-order valence-corrected chi connectivity index (χ0v) is 10.3. The number of benzene rings is 1. The van der Waals surface area contributed by atoms with Gasteiger partial charge in [-0.2, -0.15) is 0 Å². The summed E-state index contributed by atoms with van der Waals surface area (Å²) in [6.07, 6.45) is 0. The van der Waals surface area contributed by atoms with Gasteiger partial charge in [-0.1, -0.05) is 35.4 Å². The van der Waals surface area contributed by atoms with Crippen LogP contribution in [0, 0.1) is 0 Å². The molecule has 0 aliphatic carbocycles. The van der Waals surface area contributed by atoms with Gasteiger partial charge in [0.15, 0.2) is 0 Å². The first kappa shape index (κ1) is 12.2. The van der Waals surface area contributed by atoms with Crippen molar-refractivity contribution in [2.45, 2.75) is 0 Å². The molecule has 0 unspecified atom stereocenters. The third-order valence-corrected chi connectivity index (χ3v) is 3.31. The molecule has 2 aromatic rings. The van der Waals surface area contributed by atoms with Gasteiger partial charge >= 0.3 is 5.97 Å². The molecule has 0 atom stereocenters. The van der Waals surface area contributed by atoms with E-state index in [1.807, 2.05) is 30.3 Å². The third kappa shape index (κ3) is 2.20. The van der Waals surface area contributed by atoms with Gasteiger partial charge in [-0.05, 0) is 16.5 Å². The molecule has 0 N–H and O–H groups in total. The third-order valence-electron chi connectivity index (χ3n) is 2.37. The number of azide groups is 1. The van der Waals surface area contributed by atoms with Crippen LogP contribution in [0.25, 0.3) is 21.6 Å². The van der Waals surface area contributed by atoms with Crippen LogP contribution in [0.15, 0.2) is 40.8 Å². The van der Waals surface area contributed by atoms with E-state index < -0.39 is 5.97 Å². The number of esters is 1. The molecule has 6 heteroatoms. The number of ether oxygens (including phenoxy) is 1. The second-order valence-electron chi connectivity index (χ2n) is 3.37. The van der Waals surface area contributed by atoms with Crippen molar-refractivity contribution in [1.82, 2.24) is 0 Å². The summed E-state index contributed by atoms with van der Waals surface area (Å²) in [7, 11) is 1.30. The van der Waals surface area contributed by atoms with Gasteiger partial charge in [0.2, 0.25) is 0 Å². The minimum Gasteiger partial charge on any atom is -0.465 e. The highest BCUT2D eigenvalue weighted by atomic mass is 32.1. The fourth-order valence-corrected chi connectivity index (χ4v) is 2.48. The van der Waals surface area contributed by atoms with E-state index in [-0.39, 0.29) is 0 Å². The predicted octanol–water partition coefficient (Wildman–Crippen LogP) is 4.14. The summed E-state index contributed by atoms with van der Waals surface area (Å²) in [5.41, 5.74) is 10.5. The summed E-state index contributed by atoms with van der Waals surface area (Å²) in [6.45, 7) is 0. The molecule has 90 valence electrons. The van der Waals surface area contributed by atoms with Crippen LogP contribution in [0.5, 0.6) is 0 Å². The lowest BCUT2D eigenvalue weighted by molar-refractivity contribution is 0.0607. The standard InChI is InChI=1S/C12H9N3O2S/c1-17-12(16)11-10(14-15-13)9(7-18-11)8-5-3-2-4-6-8/h2-7H,1H3. The molecule has 1 aromatic heterocycles. The number of carbonyl (C=O) groups is 1. The Balaban J connectivity index is 2.59. The van der Waals surface area contributed by atoms with Gasteiger partial charge in [0.1, 0.15) is 4.88 Å². The maximum atomic E-state index is 11.6. The molecule has 0 radical (unpaired) electrons. The Morgan fingerprint density at radius 2 is 2.11 bits per heavy atom. The second kappa shape index (κ2) is 5.35. The average Bonchev–Trinajstić information content (AvgIpc) is 2.83. The fourth-order valence-electron chi connectivity index (χ4n) is 1.56. The number of hydrogen-bond acceptors (Lipinski definition) is 4. The SMILES string of the molecule is COC(=O)c1scc(-c2ccccc2)c1N=[N+]=[N-]. The van der Waals surface area contributed by atoms with E-state index in [1.165, 1.54) is 18.4 Å². The highest BCUT2D eigenvalue weighted by molar-refractivity contribution is 7.13. The summed E-state index contributed by atoms with van der Waals surface area (Å²) in [5, 5.41) is 5.39. The van der Waals surface area contributed by atoms with Crippen LogP contribution in [-0.4, -0.2) is 13.1 Å². The van der Waals surface area contributed by atoms with Crippen molar-refractivity contribution < 1.29 is 9.53 Å². The van der Waals surface area contributed by atoms with E-state index in [2.05, 4.69) is 14.8 Å². The van der Waals surface area contributed by atoms with E-state index in [0.717, 1.165) is 11.1 Å². The average molecular weight is 259 g/mol. The lowest BCUT2D eigenvalue weighted by Gasteiger charge is -2.01. The quantitative estimate of drug-likeness (QED) is 0.359. The Hall–Kier alpha value is -2.30. The van der Waals surface area contributed by atoms with Gasteiger partial charge < -0.3 is 4.74 Å². The molecule has 2 rings (SSSR count). The van der Waals surface area contributed by atoms with Gasteiger partial charge in [0.25, 0.3) is 0 Å². The summed E-state index contributed by atoms with van der Waals surface area (Å²) in [4.78, 5) is 14.6. The molecule has 0 bridgehead atoms. The lowest BCUT2D eigenvalue weighted by atomic mass is 10.1. The second-order valence-corrected chi connectivity index (χ2v) is 4.25. The van der Waals surface area contributed by atoms with Crippen molar-refractivity contribution in [1.29, 1.82) is 0 Å². The first-order valence-corrected chi connectivity index (χ1v) is 5.96. The van der Waals surface area contributed by atoms with Crippen molar-refractivity contribution in [2.24, 2.45) is 5.11 Å².